The summed E-state index contributed by atoms with van der Waals surface area (Å²) in [5, 5.41) is 6.27. The minimum Gasteiger partial charge on any atom is -0.469 e. The van der Waals surface area contributed by atoms with Crippen molar-refractivity contribution in [3.63, 3.8) is 0 Å². The summed E-state index contributed by atoms with van der Waals surface area (Å²) in [4.78, 5) is 29.7. The molecule has 0 atom stereocenters. The van der Waals surface area contributed by atoms with Crippen LogP contribution in [-0.2, 0) is 16.1 Å². The second-order valence-electron chi connectivity index (χ2n) is 9.42. The molecule has 2 heterocycles. The van der Waals surface area contributed by atoms with Crippen LogP contribution < -0.4 is 11.1 Å². The number of amides is 1. The summed E-state index contributed by atoms with van der Waals surface area (Å²) >= 11 is 0. The van der Waals surface area contributed by atoms with Crippen LogP contribution in [0.4, 0.5) is 5.69 Å². The highest BCUT2D eigenvalue weighted by molar-refractivity contribution is 6.07. The van der Waals surface area contributed by atoms with Gasteiger partial charge in [0.1, 0.15) is 0 Å². The van der Waals surface area contributed by atoms with Crippen molar-refractivity contribution in [2.75, 3.05) is 19.4 Å². The third-order valence-corrected chi connectivity index (χ3v) is 7.08. The second kappa shape index (κ2) is 9.78. The molecule has 0 saturated heterocycles. The number of carbonyl (C=O) groups excluding carboxylic acids is 2. The molecule has 4 aromatic rings. The van der Waals surface area contributed by atoms with Crippen LogP contribution in [0, 0.1) is 11.8 Å². The van der Waals surface area contributed by atoms with E-state index >= 15 is 0 Å². The predicted molar refractivity (Wildman–Crippen MR) is 137 cm³/mol. The number of esters is 1. The minimum atomic E-state index is -0.135. The number of pyridine rings is 1. The molecule has 180 valence electrons. The highest BCUT2D eigenvalue weighted by Gasteiger charge is 2.27. The van der Waals surface area contributed by atoms with E-state index < -0.39 is 0 Å². The number of rotatable bonds is 6. The van der Waals surface area contributed by atoms with Gasteiger partial charge in [-0.15, -0.1) is 0 Å². The van der Waals surface area contributed by atoms with Crippen LogP contribution in [0.15, 0.2) is 60.9 Å². The van der Waals surface area contributed by atoms with Gasteiger partial charge in [-0.05, 0) is 61.3 Å². The molecule has 1 fully saturated rings. The second-order valence-corrected chi connectivity index (χ2v) is 9.42. The third-order valence-electron chi connectivity index (χ3n) is 7.08. The lowest BCUT2D eigenvalue weighted by atomic mass is 9.82. The van der Waals surface area contributed by atoms with Crippen LogP contribution in [0.2, 0.25) is 0 Å². The third kappa shape index (κ3) is 4.85. The fourth-order valence-electron chi connectivity index (χ4n) is 5.17. The summed E-state index contributed by atoms with van der Waals surface area (Å²) < 4.78 is 6.93. The normalized spacial score (nSPS) is 18.0. The lowest BCUT2D eigenvalue weighted by Crippen LogP contribution is -2.33. The van der Waals surface area contributed by atoms with E-state index in [0.717, 1.165) is 53.1 Å². The van der Waals surface area contributed by atoms with E-state index in [1.807, 2.05) is 42.7 Å². The molecule has 1 saturated carbocycles. The molecule has 2 aromatic heterocycles. The Balaban J connectivity index is 1.33. The van der Waals surface area contributed by atoms with Crippen molar-refractivity contribution in [1.29, 1.82) is 0 Å². The zero-order valence-corrected chi connectivity index (χ0v) is 19.9. The predicted octanol–water partition coefficient (Wildman–Crippen LogP) is 4.53. The molecule has 3 N–H and O–H groups in total. The molecule has 7 heteroatoms. The van der Waals surface area contributed by atoms with Crippen molar-refractivity contribution < 1.29 is 14.3 Å². The molecule has 0 bridgehead atoms. The van der Waals surface area contributed by atoms with Gasteiger partial charge >= 0.3 is 5.97 Å². The summed E-state index contributed by atoms with van der Waals surface area (Å²) in [6.07, 6.45) is 7.27. The maximum atomic E-state index is 13.3. The van der Waals surface area contributed by atoms with Crippen molar-refractivity contribution in [1.82, 2.24) is 14.9 Å². The molecule has 7 nitrogen and oxygen atoms in total. The average molecular weight is 471 g/mol. The lowest BCUT2D eigenvalue weighted by Gasteiger charge is -2.27. The highest BCUT2D eigenvalue weighted by Crippen LogP contribution is 2.30. The van der Waals surface area contributed by atoms with Crippen molar-refractivity contribution in [3.8, 4) is 0 Å². The summed E-state index contributed by atoms with van der Waals surface area (Å²) in [5.41, 5.74) is 9.03. The van der Waals surface area contributed by atoms with Gasteiger partial charge in [-0.2, -0.15) is 0 Å². The number of carbonyl (C=O) groups is 2. The lowest BCUT2D eigenvalue weighted by molar-refractivity contribution is -0.146. The zero-order valence-electron chi connectivity index (χ0n) is 19.9. The van der Waals surface area contributed by atoms with Gasteiger partial charge in [0.05, 0.1) is 36.3 Å². The van der Waals surface area contributed by atoms with Gasteiger partial charge in [-0.3, -0.25) is 14.6 Å². The van der Waals surface area contributed by atoms with E-state index in [4.69, 9.17) is 10.5 Å². The molecule has 1 aliphatic carbocycles. The maximum Gasteiger partial charge on any atom is 0.308 e. The fraction of sp³-hybridized carbons (Fsp3) is 0.321. The van der Waals surface area contributed by atoms with Crippen LogP contribution >= 0.6 is 0 Å². The molecule has 1 aliphatic rings. The minimum absolute atomic E-state index is 0.0208. The van der Waals surface area contributed by atoms with Crippen molar-refractivity contribution >= 4 is 39.2 Å². The first-order valence-electron chi connectivity index (χ1n) is 12.1. The standard InChI is InChI=1S/C28H30N4O3/c1-35-28(34)19-8-6-18(7-9-19)15-31-27(33)25-14-23(29)12-21-10-11-32(26(21)25)17-24-13-20-4-2-3-5-22(20)16-30-24/h2-5,10-14,16,18-19H,6-9,15,17,29H2,1H3,(H,31,33)/t18-,19-. The van der Waals surface area contributed by atoms with Gasteiger partial charge in [-0.1, -0.05) is 24.3 Å². The van der Waals surface area contributed by atoms with E-state index in [1.54, 1.807) is 6.07 Å². The van der Waals surface area contributed by atoms with Crippen molar-refractivity contribution in [2.45, 2.75) is 32.2 Å². The first-order chi connectivity index (χ1) is 17.0. The SMILES string of the molecule is COC(=O)[C@H]1CC[C@H](CNC(=O)c2cc(N)cc3ccn(Cc4cc5ccccc5cn4)c23)CC1. The van der Waals surface area contributed by atoms with E-state index in [2.05, 4.69) is 27.0 Å². The van der Waals surface area contributed by atoms with Gasteiger partial charge in [0, 0.05) is 35.4 Å². The summed E-state index contributed by atoms with van der Waals surface area (Å²) in [7, 11) is 1.44. The molecule has 0 spiro atoms. The molecule has 35 heavy (non-hydrogen) atoms. The quantitative estimate of drug-likeness (QED) is 0.319. The first kappa shape index (κ1) is 22.9. The van der Waals surface area contributed by atoms with Gasteiger partial charge in [0.15, 0.2) is 0 Å². The number of benzene rings is 2. The Kier molecular flexibility index (Phi) is 6.40. The van der Waals surface area contributed by atoms with Crippen LogP contribution in [-0.4, -0.2) is 35.1 Å². The number of ether oxygens (including phenoxy) is 1. The van der Waals surface area contributed by atoms with Crippen molar-refractivity contribution in [3.05, 3.63) is 72.2 Å². The maximum absolute atomic E-state index is 13.3. The molecular weight excluding hydrogens is 440 g/mol. The molecule has 0 radical (unpaired) electrons. The van der Waals surface area contributed by atoms with E-state index in [-0.39, 0.29) is 17.8 Å². The molecule has 2 aromatic carbocycles. The molecule has 5 rings (SSSR count). The molecule has 1 amide bonds. The first-order valence-corrected chi connectivity index (χ1v) is 12.1. The molecule has 0 aliphatic heterocycles. The number of nitrogens with one attached hydrogen (secondary N) is 1. The van der Waals surface area contributed by atoms with E-state index in [1.165, 1.54) is 7.11 Å². The van der Waals surface area contributed by atoms with Gasteiger partial charge in [-0.25, -0.2) is 0 Å². The average Bonchev–Trinajstić information content (AvgIpc) is 3.28. The number of hydrogen-bond acceptors (Lipinski definition) is 5. The van der Waals surface area contributed by atoms with E-state index in [0.29, 0.717) is 30.3 Å². The Labute approximate surface area is 204 Å². The van der Waals surface area contributed by atoms with Crippen LogP contribution in [0.25, 0.3) is 21.7 Å². The molecular formula is C28H30N4O3. The Bertz CT molecular complexity index is 1390. The Hall–Kier alpha value is -3.87. The summed E-state index contributed by atoms with van der Waals surface area (Å²) in [6.45, 7) is 1.13. The molecule has 0 unspecified atom stereocenters. The number of nitrogen functional groups attached to an aromatic ring is 1. The van der Waals surface area contributed by atoms with Crippen LogP contribution in [0.1, 0.15) is 41.7 Å². The number of hydrogen-bond donors (Lipinski definition) is 2. The highest BCUT2D eigenvalue weighted by atomic mass is 16.5. The number of methoxy groups -OCH3 is 1. The van der Waals surface area contributed by atoms with Crippen molar-refractivity contribution in [2.24, 2.45) is 11.8 Å². The topological polar surface area (TPSA) is 99.2 Å². The fourth-order valence-corrected chi connectivity index (χ4v) is 5.17. The van der Waals surface area contributed by atoms with Crippen LogP contribution in [0.3, 0.4) is 0 Å². The number of nitrogens with two attached hydrogens (primary N) is 1. The number of nitrogens with zero attached hydrogens (tertiary/aromatic N) is 2. The van der Waals surface area contributed by atoms with Gasteiger partial charge in [0.25, 0.3) is 5.91 Å². The zero-order chi connectivity index (χ0) is 24.4. The Morgan fingerprint density at radius 2 is 1.83 bits per heavy atom. The Morgan fingerprint density at radius 3 is 2.60 bits per heavy atom. The monoisotopic (exact) mass is 470 g/mol. The van der Waals surface area contributed by atoms with Crippen LogP contribution in [0.5, 0.6) is 0 Å². The summed E-state index contributed by atoms with van der Waals surface area (Å²) in [6, 6.07) is 15.9. The van der Waals surface area contributed by atoms with Gasteiger partial charge in [0.2, 0.25) is 0 Å². The van der Waals surface area contributed by atoms with E-state index in [9.17, 15) is 9.59 Å². The van der Waals surface area contributed by atoms with Gasteiger partial charge < -0.3 is 20.4 Å². The number of fused-ring (bicyclic) bond motifs is 2. The largest absolute Gasteiger partial charge is 0.469 e. The summed E-state index contributed by atoms with van der Waals surface area (Å²) in [5.74, 6) is 0.0672. The number of aromatic nitrogens is 2. The Morgan fingerprint density at radius 1 is 1.06 bits per heavy atom. The number of anilines is 1. The smallest absolute Gasteiger partial charge is 0.308 e.